The summed E-state index contributed by atoms with van der Waals surface area (Å²) in [6.45, 7) is 2.39. The van der Waals surface area contributed by atoms with Crippen molar-refractivity contribution in [3.05, 3.63) is 47.0 Å². The maximum absolute atomic E-state index is 12.2. The first-order valence-corrected chi connectivity index (χ1v) is 6.34. The van der Waals surface area contributed by atoms with Crippen molar-refractivity contribution in [1.29, 1.82) is 0 Å². The molecule has 0 aromatic carbocycles. The van der Waals surface area contributed by atoms with Gasteiger partial charge in [0, 0.05) is 31.0 Å². The zero-order chi connectivity index (χ0) is 13.8. The predicted octanol–water partition coefficient (Wildman–Crippen LogP) is 1.26. The Bertz CT molecular complexity index is 589. The van der Waals surface area contributed by atoms with Gasteiger partial charge in [-0.3, -0.25) is 14.5 Å². The van der Waals surface area contributed by atoms with Crippen LogP contribution < -0.4 is 5.73 Å². The molecule has 0 aliphatic heterocycles. The van der Waals surface area contributed by atoms with E-state index in [1.165, 1.54) is 0 Å². The van der Waals surface area contributed by atoms with Gasteiger partial charge in [-0.2, -0.15) is 5.10 Å². The third-order valence-electron chi connectivity index (χ3n) is 3.08. The summed E-state index contributed by atoms with van der Waals surface area (Å²) < 4.78 is 1.77. The molecule has 0 atom stereocenters. The quantitative estimate of drug-likeness (QED) is 0.819. The van der Waals surface area contributed by atoms with Crippen LogP contribution in [0.25, 0.3) is 0 Å². The first-order chi connectivity index (χ1) is 9.13. The summed E-state index contributed by atoms with van der Waals surface area (Å²) in [5, 5.41) is 4.34. The lowest BCUT2D eigenvalue weighted by Crippen LogP contribution is -2.09. The second-order valence-corrected chi connectivity index (χ2v) is 4.44. The summed E-state index contributed by atoms with van der Waals surface area (Å²) in [6.07, 6.45) is 2.84. The smallest absolute Gasteiger partial charge is 0.168 e. The van der Waals surface area contributed by atoms with Crippen molar-refractivity contribution in [2.75, 3.05) is 0 Å². The Morgan fingerprint density at radius 2 is 2.16 bits per heavy atom. The van der Waals surface area contributed by atoms with Crippen LogP contribution in [0.3, 0.4) is 0 Å². The highest BCUT2D eigenvalue weighted by molar-refractivity contribution is 5.97. The fourth-order valence-electron chi connectivity index (χ4n) is 1.94. The van der Waals surface area contributed by atoms with E-state index in [1.54, 1.807) is 23.0 Å². The van der Waals surface area contributed by atoms with E-state index in [0.717, 1.165) is 23.5 Å². The molecule has 0 aliphatic rings. The predicted molar refractivity (Wildman–Crippen MR) is 72.7 cm³/mol. The minimum absolute atomic E-state index is 0.0581. The van der Waals surface area contributed by atoms with Crippen LogP contribution in [0.2, 0.25) is 0 Å². The van der Waals surface area contributed by atoms with Gasteiger partial charge in [0.05, 0.1) is 17.8 Å². The van der Waals surface area contributed by atoms with E-state index >= 15 is 0 Å². The molecule has 0 aliphatic carbocycles. The van der Waals surface area contributed by atoms with Crippen LogP contribution in [-0.2, 0) is 26.4 Å². The summed E-state index contributed by atoms with van der Waals surface area (Å²) in [6, 6.07) is 5.45. The Kier molecular flexibility index (Phi) is 4.06. The van der Waals surface area contributed by atoms with Crippen molar-refractivity contribution in [2.24, 2.45) is 12.8 Å². The standard InChI is InChI=1S/C14H18N4O/c1-3-11-7-13(18(2)17-11)8-14(19)10-4-5-16-12(6-10)9-15/h4-7H,3,8-9,15H2,1-2H3. The number of ketones is 1. The van der Waals surface area contributed by atoms with Crippen molar-refractivity contribution in [3.63, 3.8) is 0 Å². The van der Waals surface area contributed by atoms with Gasteiger partial charge in [-0.05, 0) is 24.6 Å². The third-order valence-corrected chi connectivity index (χ3v) is 3.08. The molecule has 5 nitrogen and oxygen atoms in total. The summed E-state index contributed by atoms with van der Waals surface area (Å²) in [5.41, 5.74) is 8.83. The number of hydrogen-bond donors (Lipinski definition) is 1. The van der Waals surface area contributed by atoms with Crippen molar-refractivity contribution in [2.45, 2.75) is 26.3 Å². The number of carbonyl (C=O) groups is 1. The van der Waals surface area contributed by atoms with Crippen LogP contribution in [0.4, 0.5) is 0 Å². The van der Waals surface area contributed by atoms with Crippen molar-refractivity contribution in [3.8, 4) is 0 Å². The molecule has 0 saturated carbocycles. The van der Waals surface area contributed by atoms with E-state index in [-0.39, 0.29) is 5.78 Å². The summed E-state index contributed by atoms with van der Waals surface area (Å²) >= 11 is 0. The monoisotopic (exact) mass is 258 g/mol. The van der Waals surface area contributed by atoms with E-state index < -0.39 is 0 Å². The number of hydrogen-bond acceptors (Lipinski definition) is 4. The largest absolute Gasteiger partial charge is 0.325 e. The number of carbonyl (C=O) groups excluding carboxylic acids is 1. The van der Waals surface area contributed by atoms with Gasteiger partial charge >= 0.3 is 0 Å². The lowest BCUT2D eigenvalue weighted by Gasteiger charge is -2.03. The molecule has 19 heavy (non-hydrogen) atoms. The Morgan fingerprint density at radius 1 is 1.37 bits per heavy atom. The molecule has 0 amide bonds. The summed E-state index contributed by atoms with van der Waals surface area (Å²) in [4.78, 5) is 16.3. The van der Waals surface area contributed by atoms with E-state index in [9.17, 15) is 4.79 Å². The highest BCUT2D eigenvalue weighted by Crippen LogP contribution is 2.10. The molecule has 0 unspecified atom stereocenters. The second-order valence-electron chi connectivity index (χ2n) is 4.44. The summed E-state index contributed by atoms with van der Waals surface area (Å²) in [7, 11) is 1.86. The Hall–Kier alpha value is -2.01. The lowest BCUT2D eigenvalue weighted by atomic mass is 10.1. The van der Waals surface area contributed by atoms with Gasteiger partial charge in [0.15, 0.2) is 5.78 Å². The maximum atomic E-state index is 12.2. The first kappa shape index (κ1) is 13.4. The molecular weight excluding hydrogens is 240 g/mol. The SMILES string of the molecule is CCc1cc(CC(=O)c2ccnc(CN)c2)n(C)n1. The van der Waals surface area contributed by atoms with Crippen LogP contribution in [0.5, 0.6) is 0 Å². The molecule has 2 aromatic rings. The van der Waals surface area contributed by atoms with Crippen molar-refractivity contribution >= 4 is 5.78 Å². The Morgan fingerprint density at radius 3 is 2.79 bits per heavy atom. The van der Waals surface area contributed by atoms with Gasteiger partial charge in [0.1, 0.15) is 0 Å². The fraction of sp³-hybridized carbons (Fsp3) is 0.357. The zero-order valence-electron chi connectivity index (χ0n) is 11.3. The molecule has 2 N–H and O–H groups in total. The number of pyridine rings is 1. The van der Waals surface area contributed by atoms with Crippen LogP contribution in [0.1, 0.15) is 34.4 Å². The number of nitrogens with two attached hydrogens (primary N) is 1. The van der Waals surface area contributed by atoms with Gasteiger partial charge in [-0.25, -0.2) is 0 Å². The molecule has 2 aromatic heterocycles. The molecule has 0 bridgehead atoms. The second kappa shape index (κ2) is 5.75. The molecule has 0 fully saturated rings. The van der Waals surface area contributed by atoms with E-state index in [4.69, 9.17) is 5.73 Å². The molecular formula is C14H18N4O. The Balaban J connectivity index is 2.17. The van der Waals surface area contributed by atoms with Gasteiger partial charge in [0.2, 0.25) is 0 Å². The molecule has 0 saturated heterocycles. The normalized spacial score (nSPS) is 10.7. The van der Waals surface area contributed by atoms with E-state index in [1.807, 2.05) is 20.0 Å². The number of Topliss-reactive ketones (excluding diaryl/α,β-unsaturated/α-hetero) is 1. The van der Waals surface area contributed by atoms with Gasteiger partial charge < -0.3 is 5.73 Å². The maximum Gasteiger partial charge on any atom is 0.168 e. The van der Waals surface area contributed by atoms with Crippen LogP contribution >= 0.6 is 0 Å². The summed E-state index contributed by atoms with van der Waals surface area (Å²) in [5.74, 6) is 0.0581. The van der Waals surface area contributed by atoms with Gasteiger partial charge in [-0.1, -0.05) is 6.92 Å². The number of nitrogens with zero attached hydrogens (tertiary/aromatic N) is 3. The van der Waals surface area contributed by atoms with Crippen LogP contribution in [-0.4, -0.2) is 20.5 Å². The van der Waals surface area contributed by atoms with Crippen LogP contribution in [0.15, 0.2) is 24.4 Å². The lowest BCUT2D eigenvalue weighted by molar-refractivity contribution is 0.0990. The van der Waals surface area contributed by atoms with Crippen molar-refractivity contribution < 1.29 is 4.79 Å². The van der Waals surface area contributed by atoms with Gasteiger partial charge in [0.25, 0.3) is 0 Å². The van der Waals surface area contributed by atoms with Crippen LogP contribution in [0, 0.1) is 0 Å². The highest BCUT2D eigenvalue weighted by atomic mass is 16.1. The average Bonchev–Trinajstić information content (AvgIpc) is 2.79. The molecule has 2 rings (SSSR count). The third kappa shape index (κ3) is 3.06. The topological polar surface area (TPSA) is 73.8 Å². The molecule has 0 radical (unpaired) electrons. The minimum atomic E-state index is 0.0581. The number of rotatable bonds is 5. The molecule has 2 heterocycles. The van der Waals surface area contributed by atoms with E-state index in [0.29, 0.717) is 18.5 Å². The average molecular weight is 258 g/mol. The minimum Gasteiger partial charge on any atom is -0.325 e. The number of aromatic nitrogens is 3. The number of aryl methyl sites for hydroxylation is 2. The fourth-order valence-corrected chi connectivity index (χ4v) is 1.94. The zero-order valence-corrected chi connectivity index (χ0v) is 11.3. The molecule has 5 heteroatoms. The Labute approximate surface area is 112 Å². The highest BCUT2D eigenvalue weighted by Gasteiger charge is 2.12. The molecule has 0 spiro atoms. The van der Waals surface area contributed by atoms with Crippen molar-refractivity contribution in [1.82, 2.24) is 14.8 Å². The molecule has 100 valence electrons. The van der Waals surface area contributed by atoms with Gasteiger partial charge in [-0.15, -0.1) is 0 Å². The van der Waals surface area contributed by atoms with E-state index in [2.05, 4.69) is 10.1 Å². The first-order valence-electron chi connectivity index (χ1n) is 6.34.